The molecule has 3 nitrogen and oxygen atoms in total. The van der Waals surface area contributed by atoms with Gasteiger partial charge in [0.25, 0.3) is 0 Å². The summed E-state index contributed by atoms with van der Waals surface area (Å²) in [5.74, 6) is -0.228. The van der Waals surface area contributed by atoms with E-state index >= 15 is 0 Å². The summed E-state index contributed by atoms with van der Waals surface area (Å²) in [5.41, 5.74) is 1.34. The minimum absolute atomic E-state index is 0.213. The highest BCUT2D eigenvalue weighted by Crippen LogP contribution is 2.23. The second kappa shape index (κ2) is 5.60. The van der Waals surface area contributed by atoms with E-state index in [4.69, 9.17) is 9.84 Å². The standard InChI is InChI=1S/C14H14FNO2/c1-10(11-5-3-2-4-6-11)18-14-12(9-17)7-13(15)8-16-14/h2-8,10,17H,9H2,1H3. The summed E-state index contributed by atoms with van der Waals surface area (Å²) in [6, 6.07) is 10.9. The number of hydrogen-bond acceptors (Lipinski definition) is 3. The highest BCUT2D eigenvalue weighted by molar-refractivity contribution is 5.27. The predicted octanol–water partition coefficient (Wildman–Crippen LogP) is 2.85. The molecule has 1 unspecified atom stereocenters. The molecule has 0 saturated carbocycles. The quantitative estimate of drug-likeness (QED) is 0.903. The van der Waals surface area contributed by atoms with Crippen molar-refractivity contribution in [2.24, 2.45) is 0 Å². The first kappa shape index (κ1) is 12.5. The topological polar surface area (TPSA) is 42.4 Å². The van der Waals surface area contributed by atoms with E-state index in [0.29, 0.717) is 5.56 Å². The van der Waals surface area contributed by atoms with Gasteiger partial charge in [-0.1, -0.05) is 30.3 Å². The van der Waals surface area contributed by atoms with Crippen LogP contribution in [0.3, 0.4) is 0 Å². The third-order valence-electron chi connectivity index (χ3n) is 2.62. The van der Waals surface area contributed by atoms with Crippen LogP contribution in [0.25, 0.3) is 0 Å². The van der Waals surface area contributed by atoms with E-state index in [0.717, 1.165) is 11.8 Å². The van der Waals surface area contributed by atoms with Crippen molar-refractivity contribution in [2.45, 2.75) is 19.6 Å². The molecule has 0 saturated heterocycles. The molecule has 0 fully saturated rings. The van der Waals surface area contributed by atoms with Crippen LogP contribution in [-0.4, -0.2) is 10.1 Å². The van der Waals surface area contributed by atoms with Crippen molar-refractivity contribution in [1.29, 1.82) is 0 Å². The normalized spacial score (nSPS) is 12.2. The molecule has 0 radical (unpaired) electrons. The molecule has 2 aromatic rings. The smallest absolute Gasteiger partial charge is 0.219 e. The van der Waals surface area contributed by atoms with Crippen LogP contribution in [0.4, 0.5) is 4.39 Å². The van der Waals surface area contributed by atoms with Crippen LogP contribution in [0.15, 0.2) is 42.6 Å². The molecule has 1 atom stereocenters. The molecule has 4 heteroatoms. The molecule has 0 spiro atoms. The van der Waals surface area contributed by atoms with Gasteiger partial charge in [-0.25, -0.2) is 9.37 Å². The Balaban J connectivity index is 2.19. The Hall–Kier alpha value is -1.94. The van der Waals surface area contributed by atoms with Crippen LogP contribution >= 0.6 is 0 Å². The maximum Gasteiger partial charge on any atom is 0.219 e. The van der Waals surface area contributed by atoms with E-state index < -0.39 is 5.82 Å². The fourth-order valence-corrected chi connectivity index (χ4v) is 1.65. The number of aliphatic hydroxyl groups is 1. The fourth-order valence-electron chi connectivity index (χ4n) is 1.65. The highest BCUT2D eigenvalue weighted by Gasteiger charge is 2.11. The van der Waals surface area contributed by atoms with Gasteiger partial charge in [0.15, 0.2) is 0 Å². The van der Waals surface area contributed by atoms with Crippen LogP contribution in [0.1, 0.15) is 24.2 Å². The Kier molecular flexibility index (Phi) is 3.89. The van der Waals surface area contributed by atoms with Crippen LogP contribution in [0.2, 0.25) is 0 Å². The summed E-state index contributed by atoms with van der Waals surface area (Å²) >= 11 is 0. The first-order chi connectivity index (χ1) is 8.70. The summed E-state index contributed by atoms with van der Waals surface area (Å²) in [5, 5.41) is 9.14. The average molecular weight is 247 g/mol. The zero-order chi connectivity index (χ0) is 13.0. The number of hydrogen-bond donors (Lipinski definition) is 1. The molecule has 0 bridgehead atoms. The SMILES string of the molecule is CC(Oc1ncc(F)cc1CO)c1ccccc1. The second-order valence-electron chi connectivity index (χ2n) is 3.95. The van der Waals surface area contributed by atoms with Gasteiger partial charge in [-0.05, 0) is 18.6 Å². The number of pyridine rings is 1. The molecule has 94 valence electrons. The summed E-state index contributed by atoms with van der Waals surface area (Å²) < 4.78 is 18.6. The fraction of sp³-hybridized carbons (Fsp3) is 0.214. The van der Waals surface area contributed by atoms with Crippen molar-refractivity contribution in [3.05, 3.63) is 59.5 Å². The van der Waals surface area contributed by atoms with Crippen molar-refractivity contribution in [3.63, 3.8) is 0 Å². The van der Waals surface area contributed by atoms with E-state index in [9.17, 15) is 4.39 Å². The highest BCUT2D eigenvalue weighted by atomic mass is 19.1. The molecule has 1 N–H and O–H groups in total. The Labute approximate surface area is 105 Å². The zero-order valence-corrected chi connectivity index (χ0v) is 10.0. The molecule has 0 aliphatic carbocycles. The summed E-state index contributed by atoms with van der Waals surface area (Å²) in [4.78, 5) is 3.86. The lowest BCUT2D eigenvalue weighted by atomic mass is 10.1. The molecule has 2 rings (SSSR count). The van der Waals surface area contributed by atoms with Gasteiger partial charge in [-0.15, -0.1) is 0 Å². The summed E-state index contributed by atoms with van der Waals surface area (Å²) in [6.07, 6.45) is 0.862. The Morgan fingerprint density at radius 3 is 2.72 bits per heavy atom. The lowest BCUT2D eigenvalue weighted by molar-refractivity contribution is 0.203. The van der Waals surface area contributed by atoms with Gasteiger partial charge in [-0.3, -0.25) is 0 Å². The number of nitrogens with zero attached hydrogens (tertiary/aromatic N) is 1. The van der Waals surface area contributed by atoms with E-state index in [1.165, 1.54) is 6.07 Å². The zero-order valence-electron chi connectivity index (χ0n) is 10.0. The molecule has 1 heterocycles. The van der Waals surface area contributed by atoms with Gasteiger partial charge in [-0.2, -0.15) is 0 Å². The average Bonchev–Trinajstić information content (AvgIpc) is 2.41. The van der Waals surface area contributed by atoms with Crippen molar-refractivity contribution in [1.82, 2.24) is 4.98 Å². The van der Waals surface area contributed by atoms with Crippen LogP contribution in [0.5, 0.6) is 5.88 Å². The van der Waals surface area contributed by atoms with Crippen molar-refractivity contribution in [3.8, 4) is 5.88 Å². The van der Waals surface area contributed by atoms with Crippen molar-refractivity contribution >= 4 is 0 Å². The number of ether oxygens (including phenoxy) is 1. The third kappa shape index (κ3) is 2.84. The summed E-state index contributed by atoms with van der Waals surface area (Å²) in [6.45, 7) is 1.57. The molecule has 0 aliphatic heterocycles. The van der Waals surface area contributed by atoms with Crippen molar-refractivity contribution < 1.29 is 14.2 Å². The molecule has 18 heavy (non-hydrogen) atoms. The van der Waals surface area contributed by atoms with Crippen LogP contribution < -0.4 is 4.74 Å². The molecular weight excluding hydrogens is 233 g/mol. The van der Waals surface area contributed by atoms with Gasteiger partial charge in [0, 0.05) is 5.56 Å². The molecule has 1 aromatic heterocycles. The van der Waals surface area contributed by atoms with E-state index in [1.807, 2.05) is 37.3 Å². The summed E-state index contributed by atoms with van der Waals surface area (Å²) in [7, 11) is 0. The maximum absolute atomic E-state index is 13.0. The molecule has 0 aliphatic rings. The number of aromatic nitrogens is 1. The first-order valence-corrected chi connectivity index (χ1v) is 5.67. The Bertz CT molecular complexity index is 516. The van der Waals surface area contributed by atoms with E-state index in [-0.39, 0.29) is 18.6 Å². The molecular formula is C14H14FNO2. The molecule has 1 aromatic carbocycles. The van der Waals surface area contributed by atoms with Gasteiger partial charge in [0.05, 0.1) is 12.8 Å². The van der Waals surface area contributed by atoms with Gasteiger partial charge < -0.3 is 9.84 Å². The second-order valence-corrected chi connectivity index (χ2v) is 3.95. The Morgan fingerprint density at radius 1 is 1.33 bits per heavy atom. The number of rotatable bonds is 4. The van der Waals surface area contributed by atoms with Gasteiger partial charge in [0.1, 0.15) is 11.9 Å². The van der Waals surface area contributed by atoms with Crippen LogP contribution in [0, 0.1) is 5.82 Å². The third-order valence-corrected chi connectivity index (χ3v) is 2.62. The maximum atomic E-state index is 13.0. The minimum atomic E-state index is -0.487. The predicted molar refractivity (Wildman–Crippen MR) is 65.6 cm³/mol. The monoisotopic (exact) mass is 247 g/mol. The lowest BCUT2D eigenvalue weighted by Gasteiger charge is -2.16. The van der Waals surface area contributed by atoms with Gasteiger partial charge >= 0.3 is 0 Å². The largest absolute Gasteiger partial charge is 0.470 e. The molecule has 0 amide bonds. The van der Waals surface area contributed by atoms with E-state index in [2.05, 4.69) is 4.98 Å². The van der Waals surface area contributed by atoms with Crippen molar-refractivity contribution in [2.75, 3.05) is 0 Å². The number of benzene rings is 1. The minimum Gasteiger partial charge on any atom is -0.470 e. The first-order valence-electron chi connectivity index (χ1n) is 5.67. The van der Waals surface area contributed by atoms with Gasteiger partial charge in [0.2, 0.25) is 5.88 Å². The number of halogens is 1. The number of aliphatic hydroxyl groups excluding tert-OH is 1. The Morgan fingerprint density at radius 2 is 2.06 bits per heavy atom. The van der Waals surface area contributed by atoms with Crippen LogP contribution in [-0.2, 0) is 6.61 Å². The lowest BCUT2D eigenvalue weighted by Crippen LogP contribution is -2.06. The van der Waals surface area contributed by atoms with E-state index in [1.54, 1.807) is 0 Å².